The summed E-state index contributed by atoms with van der Waals surface area (Å²) in [6.07, 6.45) is 16.1. The molecule has 0 amide bonds. The largest absolute Gasteiger partial charge is 0.400 e. The highest BCUT2D eigenvalue weighted by atomic mass is 16.2. The number of hydrogen-bond acceptors (Lipinski definition) is 1. The maximum atomic E-state index is 7.00. The van der Waals surface area contributed by atoms with E-state index in [0.717, 1.165) is 30.8 Å². The summed E-state index contributed by atoms with van der Waals surface area (Å²) >= 11 is 0. The monoisotopic (exact) mass is 346 g/mol. The summed E-state index contributed by atoms with van der Waals surface area (Å²) in [6, 6.07) is 0. The molecule has 0 bridgehead atoms. The van der Waals surface area contributed by atoms with Crippen molar-refractivity contribution in [3.8, 4) is 0 Å². The highest BCUT2D eigenvalue weighted by Gasteiger charge is 2.57. The Hall–Kier alpha value is -0.300. The summed E-state index contributed by atoms with van der Waals surface area (Å²) < 4.78 is 0. The Morgan fingerprint density at radius 3 is 2.44 bits per heavy atom. The predicted octanol–water partition coefficient (Wildman–Crippen LogP) is 6.61. The minimum absolute atomic E-state index is 0.537. The van der Waals surface area contributed by atoms with Crippen LogP contribution in [0.4, 0.5) is 0 Å². The van der Waals surface area contributed by atoms with Gasteiger partial charge in [-0.15, -0.1) is 0 Å². The normalized spacial score (nSPS) is 51.4. The van der Waals surface area contributed by atoms with E-state index in [4.69, 9.17) is 5.11 Å². The second kappa shape index (κ2) is 6.70. The van der Waals surface area contributed by atoms with E-state index in [-0.39, 0.29) is 0 Å². The van der Waals surface area contributed by atoms with Crippen molar-refractivity contribution in [2.24, 2.45) is 39.9 Å². The molecule has 0 aromatic heterocycles. The number of aliphatic hydroxyl groups is 1. The van der Waals surface area contributed by atoms with Crippen molar-refractivity contribution in [2.45, 2.75) is 92.4 Å². The van der Waals surface area contributed by atoms with Crippen LogP contribution in [0.5, 0.6) is 0 Å². The van der Waals surface area contributed by atoms with E-state index in [9.17, 15) is 0 Å². The van der Waals surface area contributed by atoms with Crippen LogP contribution in [-0.4, -0.2) is 12.2 Å². The molecule has 3 fully saturated rings. The molecular weight excluding hydrogens is 304 g/mol. The summed E-state index contributed by atoms with van der Waals surface area (Å²) in [7, 11) is 1.00. The first kappa shape index (κ1) is 19.5. The third-order valence-electron chi connectivity index (χ3n) is 9.66. The molecule has 1 N–H and O–H groups in total. The molecule has 144 valence electrons. The van der Waals surface area contributed by atoms with E-state index in [1.165, 1.54) is 57.8 Å². The van der Waals surface area contributed by atoms with E-state index in [0.29, 0.717) is 16.2 Å². The average Bonchev–Trinajstić information content (AvgIpc) is 3.02. The topological polar surface area (TPSA) is 20.2 Å². The molecule has 1 heteroatoms. The van der Waals surface area contributed by atoms with Crippen LogP contribution in [-0.2, 0) is 0 Å². The summed E-state index contributed by atoms with van der Waals surface area (Å²) in [5, 5.41) is 7.00. The molecule has 4 rings (SSSR count). The Bertz CT molecular complexity index is 522. The molecule has 4 aliphatic carbocycles. The second-order valence-corrected chi connectivity index (χ2v) is 10.6. The number of allylic oxidation sites excluding steroid dienone is 2. The van der Waals surface area contributed by atoms with Crippen LogP contribution in [0.1, 0.15) is 92.4 Å². The smallest absolute Gasteiger partial charge is 0.0319 e. The van der Waals surface area contributed by atoms with Crippen molar-refractivity contribution in [3.63, 3.8) is 0 Å². The van der Waals surface area contributed by atoms with Gasteiger partial charge in [-0.1, -0.05) is 59.1 Å². The van der Waals surface area contributed by atoms with Gasteiger partial charge in [-0.25, -0.2) is 0 Å². The summed E-state index contributed by atoms with van der Waals surface area (Å²) in [5.74, 6) is 3.69. The molecule has 0 heterocycles. The van der Waals surface area contributed by atoms with Gasteiger partial charge >= 0.3 is 0 Å². The molecular formula is C24H42O. The van der Waals surface area contributed by atoms with Gasteiger partial charge in [-0.05, 0) is 84.9 Å². The number of rotatable bonds is 1. The fourth-order valence-corrected chi connectivity index (χ4v) is 7.41. The molecule has 4 aliphatic rings. The lowest BCUT2D eigenvalue weighted by atomic mass is 9.46. The maximum absolute atomic E-state index is 7.00. The zero-order valence-corrected chi connectivity index (χ0v) is 17.7. The predicted molar refractivity (Wildman–Crippen MR) is 107 cm³/mol. The van der Waals surface area contributed by atoms with Crippen molar-refractivity contribution < 1.29 is 5.11 Å². The zero-order valence-electron chi connectivity index (χ0n) is 17.7. The van der Waals surface area contributed by atoms with E-state index < -0.39 is 0 Å². The lowest BCUT2D eigenvalue weighted by Crippen LogP contribution is -2.50. The van der Waals surface area contributed by atoms with Crippen LogP contribution in [0.2, 0.25) is 0 Å². The Balaban J connectivity index is 0.000000880. The number of fused-ring (bicyclic) bond motifs is 5. The van der Waals surface area contributed by atoms with Crippen LogP contribution in [0.15, 0.2) is 11.6 Å². The van der Waals surface area contributed by atoms with E-state index >= 15 is 0 Å². The number of aliphatic hydroxyl groups excluding tert-OH is 1. The second-order valence-electron chi connectivity index (χ2n) is 10.6. The van der Waals surface area contributed by atoms with Crippen molar-refractivity contribution in [1.82, 2.24) is 0 Å². The Labute approximate surface area is 156 Å². The molecule has 3 saturated carbocycles. The SMILES string of the molecule is CCC1(C)CCC2(C)C3=CC(C)C4(C)CCCC4C3CCC2C1.CO. The highest BCUT2D eigenvalue weighted by molar-refractivity contribution is 5.30. The van der Waals surface area contributed by atoms with E-state index in [1.54, 1.807) is 0 Å². The number of hydrogen-bond donors (Lipinski definition) is 1. The maximum Gasteiger partial charge on any atom is 0.0319 e. The van der Waals surface area contributed by atoms with Gasteiger partial charge in [0.15, 0.2) is 0 Å². The Morgan fingerprint density at radius 1 is 1.04 bits per heavy atom. The lowest BCUT2D eigenvalue weighted by Gasteiger charge is -2.59. The van der Waals surface area contributed by atoms with Gasteiger partial charge in [-0.2, -0.15) is 0 Å². The fraction of sp³-hybridized carbons (Fsp3) is 0.917. The molecule has 0 aromatic carbocycles. The highest BCUT2D eigenvalue weighted by Crippen LogP contribution is 2.66. The van der Waals surface area contributed by atoms with Crippen LogP contribution in [0.3, 0.4) is 0 Å². The molecule has 0 radical (unpaired) electrons. The molecule has 0 spiro atoms. The van der Waals surface area contributed by atoms with Crippen molar-refractivity contribution in [1.29, 1.82) is 0 Å². The quantitative estimate of drug-likeness (QED) is 0.530. The fourth-order valence-electron chi connectivity index (χ4n) is 7.41. The van der Waals surface area contributed by atoms with Crippen LogP contribution in [0.25, 0.3) is 0 Å². The first-order chi connectivity index (χ1) is 11.8. The molecule has 0 aromatic rings. The van der Waals surface area contributed by atoms with Crippen molar-refractivity contribution in [3.05, 3.63) is 11.6 Å². The zero-order chi connectivity index (χ0) is 18.5. The van der Waals surface area contributed by atoms with Crippen molar-refractivity contribution >= 4 is 0 Å². The molecule has 0 aliphatic heterocycles. The van der Waals surface area contributed by atoms with Gasteiger partial charge in [0.1, 0.15) is 0 Å². The van der Waals surface area contributed by atoms with E-state index in [2.05, 4.69) is 40.7 Å². The molecule has 1 nitrogen and oxygen atoms in total. The van der Waals surface area contributed by atoms with Crippen LogP contribution >= 0.6 is 0 Å². The van der Waals surface area contributed by atoms with Gasteiger partial charge in [0.2, 0.25) is 0 Å². The molecule has 0 saturated heterocycles. The average molecular weight is 347 g/mol. The standard InChI is InChI=1S/C23H38.CH4O/c1-6-21(3)12-13-23(5)17(15-21)9-10-18-19-8-7-11-22(19,4)16(2)14-20(18)23;1-2/h14,16-19H,6-13,15H2,1-5H3;2H,1H3. The van der Waals surface area contributed by atoms with Crippen LogP contribution in [0, 0.1) is 39.9 Å². The van der Waals surface area contributed by atoms with Gasteiger partial charge in [0.05, 0.1) is 0 Å². The third-order valence-corrected chi connectivity index (χ3v) is 9.66. The molecule has 7 unspecified atom stereocenters. The lowest BCUT2D eigenvalue weighted by molar-refractivity contribution is -0.0122. The third kappa shape index (κ3) is 2.84. The van der Waals surface area contributed by atoms with Crippen molar-refractivity contribution in [2.75, 3.05) is 7.11 Å². The summed E-state index contributed by atoms with van der Waals surface area (Å²) in [5.41, 5.74) is 3.71. The van der Waals surface area contributed by atoms with Gasteiger partial charge in [0.25, 0.3) is 0 Å². The Morgan fingerprint density at radius 2 is 1.76 bits per heavy atom. The van der Waals surface area contributed by atoms with Crippen LogP contribution < -0.4 is 0 Å². The first-order valence-electron chi connectivity index (χ1n) is 11.0. The Kier molecular flexibility index (Phi) is 5.21. The van der Waals surface area contributed by atoms with E-state index in [1.807, 2.05) is 5.57 Å². The minimum Gasteiger partial charge on any atom is -0.400 e. The first-order valence-corrected chi connectivity index (χ1v) is 11.0. The minimum atomic E-state index is 0.537. The van der Waals surface area contributed by atoms with Gasteiger partial charge in [-0.3, -0.25) is 0 Å². The summed E-state index contributed by atoms with van der Waals surface area (Å²) in [6.45, 7) is 12.8. The molecule has 7 atom stereocenters. The van der Waals surface area contributed by atoms with Gasteiger partial charge in [0, 0.05) is 7.11 Å². The van der Waals surface area contributed by atoms with Gasteiger partial charge < -0.3 is 5.11 Å². The molecule has 25 heavy (non-hydrogen) atoms. The summed E-state index contributed by atoms with van der Waals surface area (Å²) in [4.78, 5) is 0.